The molecule has 4 rings (SSSR count). The number of fused-ring (bicyclic) bond motifs is 1. The van der Waals surface area contributed by atoms with Crippen molar-refractivity contribution in [1.29, 1.82) is 0 Å². The number of carboxylic acid groups (broad SMARTS) is 1. The summed E-state index contributed by atoms with van der Waals surface area (Å²) in [5, 5.41) is 14.9. The van der Waals surface area contributed by atoms with E-state index in [9.17, 15) is 27.9 Å². The number of rotatable bonds is 5. The van der Waals surface area contributed by atoms with Gasteiger partial charge in [-0.1, -0.05) is 48.5 Å². The van der Waals surface area contributed by atoms with Gasteiger partial charge in [0.05, 0.1) is 29.1 Å². The number of anilines is 1. The molecule has 0 saturated heterocycles. The SMILES string of the molecule is CN(C)Cc1ccc(C2Nc3cccc(C(=O)[O-])c3C(=O)C2c2ccc(C(F)(F)F)cc2)cc1. The summed E-state index contributed by atoms with van der Waals surface area (Å²) in [6.07, 6.45) is -4.51. The van der Waals surface area contributed by atoms with Gasteiger partial charge in [-0.25, -0.2) is 0 Å². The van der Waals surface area contributed by atoms with Crippen LogP contribution in [0.25, 0.3) is 0 Å². The highest BCUT2D eigenvalue weighted by Gasteiger charge is 2.39. The van der Waals surface area contributed by atoms with E-state index < -0.39 is 35.5 Å². The Labute approximate surface area is 194 Å². The van der Waals surface area contributed by atoms with Crippen molar-refractivity contribution >= 4 is 17.4 Å². The van der Waals surface area contributed by atoms with Gasteiger partial charge in [0, 0.05) is 17.8 Å². The van der Waals surface area contributed by atoms with Gasteiger partial charge in [-0.2, -0.15) is 13.2 Å². The summed E-state index contributed by atoms with van der Waals surface area (Å²) in [4.78, 5) is 27.3. The largest absolute Gasteiger partial charge is 0.545 e. The van der Waals surface area contributed by atoms with E-state index in [-0.39, 0.29) is 11.1 Å². The molecule has 1 aliphatic heterocycles. The fraction of sp³-hybridized carbons (Fsp3) is 0.231. The number of ketones is 1. The van der Waals surface area contributed by atoms with Gasteiger partial charge >= 0.3 is 6.18 Å². The Morgan fingerprint density at radius 3 is 2.15 bits per heavy atom. The number of hydrogen-bond acceptors (Lipinski definition) is 5. The molecule has 0 amide bonds. The molecule has 0 spiro atoms. The van der Waals surface area contributed by atoms with E-state index in [2.05, 4.69) is 5.32 Å². The van der Waals surface area contributed by atoms with Gasteiger partial charge in [-0.05, 0) is 49.0 Å². The molecule has 0 bridgehead atoms. The fourth-order valence-electron chi connectivity index (χ4n) is 4.36. The van der Waals surface area contributed by atoms with Crippen molar-refractivity contribution in [2.45, 2.75) is 24.7 Å². The van der Waals surface area contributed by atoms with Crippen molar-refractivity contribution < 1.29 is 27.9 Å². The molecular weight excluding hydrogens is 445 g/mol. The molecule has 0 fully saturated rings. The average Bonchev–Trinajstić information content (AvgIpc) is 2.78. The highest BCUT2D eigenvalue weighted by molar-refractivity contribution is 6.14. The number of benzene rings is 3. The molecule has 0 saturated carbocycles. The van der Waals surface area contributed by atoms with Crippen molar-refractivity contribution in [2.24, 2.45) is 0 Å². The van der Waals surface area contributed by atoms with Gasteiger partial charge in [0.2, 0.25) is 0 Å². The minimum absolute atomic E-state index is 0.0344. The number of alkyl halides is 3. The van der Waals surface area contributed by atoms with Crippen LogP contribution in [0, 0.1) is 0 Å². The number of carboxylic acids is 1. The number of halogens is 3. The second-order valence-corrected chi connectivity index (χ2v) is 8.58. The fourth-order valence-corrected chi connectivity index (χ4v) is 4.36. The third kappa shape index (κ3) is 4.54. The van der Waals surface area contributed by atoms with E-state index in [0.29, 0.717) is 11.3 Å². The Bertz CT molecular complexity index is 1220. The van der Waals surface area contributed by atoms with E-state index in [0.717, 1.165) is 29.8 Å². The van der Waals surface area contributed by atoms with Crippen LogP contribution in [0.4, 0.5) is 18.9 Å². The minimum Gasteiger partial charge on any atom is -0.545 e. The van der Waals surface area contributed by atoms with Crippen LogP contribution in [0.5, 0.6) is 0 Å². The molecule has 0 aromatic heterocycles. The molecule has 0 aliphatic carbocycles. The van der Waals surface area contributed by atoms with Gasteiger partial charge < -0.3 is 20.1 Å². The Hall–Kier alpha value is -3.65. The van der Waals surface area contributed by atoms with Gasteiger partial charge in [-0.3, -0.25) is 4.79 Å². The molecule has 5 nitrogen and oxygen atoms in total. The van der Waals surface area contributed by atoms with Crippen LogP contribution in [-0.2, 0) is 12.7 Å². The summed E-state index contributed by atoms with van der Waals surface area (Å²) < 4.78 is 39.3. The van der Waals surface area contributed by atoms with Crippen LogP contribution in [0.3, 0.4) is 0 Å². The maximum absolute atomic E-state index is 13.7. The molecule has 1 aliphatic rings. The lowest BCUT2D eigenvalue weighted by molar-refractivity contribution is -0.255. The zero-order chi connectivity index (χ0) is 24.6. The lowest BCUT2D eigenvalue weighted by atomic mass is 9.77. The highest BCUT2D eigenvalue weighted by Crippen LogP contribution is 2.44. The molecule has 34 heavy (non-hydrogen) atoms. The summed E-state index contributed by atoms with van der Waals surface area (Å²) in [5.74, 6) is -2.92. The Morgan fingerprint density at radius 2 is 1.59 bits per heavy atom. The van der Waals surface area contributed by atoms with Gasteiger partial charge in [-0.15, -0.1) is 0 Å². The first-order valence-corrected chi connectivity index (χ1v) is 10.6. The maximum Gasteiger partial charge on any atom is 0.416 e. The van der Waals surface area contributed by atoms with Crippen molar-refractivity contribution in [3.05, 3.63) is 100 Å². The quantitative estimate of drug-likeness (QED) is 0.607. The van der Waals surface area contributed by atoms with Gasteiger partial charge in [0.25, 0.3) is 0 Å². The van der Waals surface area contributed by atoms with Crippen LogP contribution in [0.2, 0.25) is 0 Å². The second kappa shape index (κ2) is 8.95. The van der Waals surface area contributed by atoms with Crippen molar-refractivity contribution in [3.8, 4) is 0 Å². The van der Waals surface area contributed by atoms with Crippen LogP contribution in [0.1, 0.15) is 54.9 Å². The lowest BCUT2D eigenvalue weighted by Gasteiger charge is -2.35. The molecule has 2 atom stereocenters. The highest BCUT2D eigenvalue weighted by atomic mass is 19.4. The molecule has 3 aromatic carbocycles. The number of Topliss-reactive ketones (excluding diaryl/α,β-unsaturated/α-hetero) is 1. The van der Waals surface area contributed by atoms with Crippen LogP contribution in [-0.4, -0.2) is 30.7 Å². The van der Waals surface area contributed by atoms with Gasteiger partial charge in [0.1, 0.15) is 0 Å². The van der Waals surface area contributed by atoms with E-state index >= 15 is 0 Å². The summed E-state index contributed by atoms with van der Waals surface area (Å²) in [6, 6.07) is 15.8. The maximum atomic E-state index is 13.7. The number of hydrogen-bond donors (Lipinski definition) is 1. The van der Waals surface area contributed by atoms with Gasteiger partial charge in [0.15, 0.2) is 5.78 Å². The first kappa shape index (κ1) is 23.5. The number of carbonyl (C=O) groups excluding carboxylic acids is 2. The molecule has 1 heterocycles. The molecule has 8 heteroatoms. The van der Waals surface area contributed by atoms with Crippen molar-refractivity contribution in [1.82, 2.24) is 4.90 Å². The number of nitrogens with zero attached hydrogens (tertiary/aromatic N) is 1. The molecule has 0 radical (unpaired) electrons. The molecular formula is C26H22F3N2O3-. The Morgan fingerprint density at radius 1 is 0.971 bits per heavy atom. The number of carbonyl (C=O) groups is 2. The smallest absolute Gasteiger partial charge is 0.416 e. The summed E-state index contributed by atoms with van der Waals surface area (Å²) in [7, 11) is 3.89. The molecule has 3 aromatic rings. The topological polar surface area (TPSA) is 72.5 Å². The summed E-state index contributed by atoms with van der Waals surface area (Å²) in [5.41, 5.74) is 1.39. The van der Waals surface area contributed by atoms with Crippen LogP contribution < -0.4 is 10.4 Å². The number of aromatic carboxylic acids is 1. The standard InChI is InChI=1S/C26H23F3N2O3/c1-31(2)14-15-6-8-17(9-7-15)23-21(16-10-12-18(13-11-16)26(27,28)29)24(32)22-19(25(33)34)4-3-5-20(22)30-23/h3-13,21,23,30H,14H2,1-2H3,(H,33,34)/p-1. The zero-order valence-corrected chi connectivity index (χ0v) is 18.5. The molecule has 1 N–H and O–H groups in total. The predicted octanol–water partition coefficient (Wildman–Crippen LogP) is 4.26. The Kier molecular flexibility index (Phi) is 6.18. The van der Waals surface area contributed by atoms with E-state index in [1.165, 1.54) is 24.3 Å². The predicted molar refractivity (Wildman–Crippen MR) is 119 cm³/mol. The van der Waals surface area contributed by atoms with Crippen molar-refractivity contribution in [2.75, 3.05) is 19.4 Å². The normalized spacial score (nSPS) is 17.9. The first-order chi connectivity index (χ1) is 16.1. The monoisotopic (exact) mass is 467 g/mol. The third-order valence-electron chi connectivity index (χ3n) is 5.89. The lowest BCUT2D eigenvalue weighted by Crippen LogP contribution is -2.35. The second-order valence-electron chi connectivity index (χ2n) is 8.58. The minimum atomic E-state index is -4.51. The van der Waals surface area contributed by atoms with Crippen LogP contribution in [0.15, 0.2) is 66.7 Å². The van der Waals surface area contributed by atoms with Crippen LogP contribution >= 0.6 is 0 Å². The Balaban J connectivity index is 1.82. The average molecular weight is 467 g/mol. The zero-order valence-electron chi connectivity index (χ0n) is 18.5. The van der Waals surface area contributed by atoms with E-state index in [4.69, 9.17) is 0 Å². The number of nitrogens with one attached hydrogen (secondary N) is 1. The molecule has 176 valence electrons. The van der Waals surface area contributed by atoms with Crippen molar-refractivity contribution in [3.63, 3.8) is 0 Å². The van der Waals surface area contributed by atoms with E-state index in [1.54, 1.807) is 6.07 Å². The third-order valence-corrected chi connectivity index (χ3v) is 5.89. The summed E-state index contributed by atoms with van der Waals surface area (Å²) >= 11 is 0. The van der Waals surface area contributed by atoms with E-state index in [1.807, 2.05) is 43.3 Å². The molecule has 2 unspecified atom stereocenters. The first-order valence-electron chi connectivity index (χ1n) is 10.6. The summed E-state index contributed by atoms with van der Waals surface area (Å²) in [6.45, 7) is 0.720.